The summed E-state index contributed by atoms with van der Waals surface area (Å²) in [5.74, 6) is 0. The summed E-state index contributed by atoms with van der Waals surface area (Å²) in [5.41, 5.74) is 0. The van der Waals surface area contributed by atoms with Crippen LogP contribution in [-0.2, 0) is 0 Å². The monoisotopic (exact) mass is 146 g/mol. The maximum absolute atomic E-state index is 8.69. The van der Waals surface area contributed by atoms with Crippen molar-refractivity contribution in [1.82, 2.24) is 0 Å². The number of rotatable bonds is 0. The van der Waals surface area contributed by atoms with Gasteiger partial charge in [-0.15, -0.1) is 6.58 Å². The molecule has 0 atom stereocenters. The van der Waals surface area contributed by atoms with E-state index in [1.54, 1.807) is 0 Å². The molecule has 0 rings (SSSR count). The van der Waals surface area contributed by atoms with Crippen molar-refractivity contribution in [3.8, 4) is 0 Å². The van der Waals surface area contributed by atoms with E-state index in [9.17, 15) is 0 Å². The Labute approximate surface area is 58.0 Å². The first-order valence-electron chi connectivity index (χ1n) is 0.644. The van der Waals surface area contributed by atoms with Gasteiger partial charge in [0.15, 0.2) is 0 Å². The molecule has 3 heteroatoms. The van der Waals surface area contributed by atoms with Gasteiger partial charge in [0.25, 0.3) is 0 Å². The molecule has 0 aliphatic rings. The smallest absolute Gasteiger partial charge is 1.00 e. The van der Waals surface area contributed by atoms with Crippen LogP contribution in [0.1, 0.15) is 0 Å². The molecule has 5 heavy (non-hydrogen) atoms. The van der Waals surface area contributed by atoms with Gasteiger partial charge in [-0.25, -0.2) is 0 Å². The summed E-state index contributed by atoms with van der Waals surface area (Å²) in [6.45, 7) is 2.81. The molecule has 0 saturated carbocycles. The Morgan fingerprint density at radius 3 is 1.60 bits per heavy atom. The van der Waals surface area contributed by atoms with Gasteiger partial charge in [-0.1, -0.05) is 0 Å². The summed E-state index contributed by atoms with van der Waals surface area (Å²) in [6, 6.07) is 0. The van der Waals surface area contributed by atoms with Crippen molar-refractivity contribution in [2.45, 2.75) is 0 Å². The van der Waals surface area contributed by atoms with Crippen LogP contribution in [-0.4, -0.2) is 23.1 Å². The first-order chi connectivity index (χ1) is 1.41. The summed E-state index contributed by atoms with van der Waals surface area (Å²) in [6.07, 6.45) is 0.500. The molecule has 0 saturated heterocycles. The van der Waals surface area contributed by atoms with Crippen LogP contribution >= 0.6 is 0 Å². The molecule has 0 unspecified atom stereocenters. The second-order valence-corrected chi connectivity index (χ2v) is 0.167. The Hall–Kier alpha value is 0.786. The SMILES string of the molecule is C=C[O-].[Br-].[Mg+2]. The molecule has 0 amide bonds. The van der Waals surface area contributed by atoms with Crippen LogP contribution in [0.3, 0.4) is 0 Å². The van der Waals surface area contributed by atoms with E-state index in [1.807, 2.05) is 0 Å². The fourth-order valence-electron chi connectivity index (χ4n) is 0. The van der Waals surface area contributed by atoms with Crippen LogP contribution in [0.2, 0.25) is 0 Å². The number of halogens is 1. The predicted octanol–water partition coefficient (Wildman–Crippen LogP) is -3.89. The van der Waals surface area contributed by atoms with Gasteiger partial charge in [0.2, 0.25) is 0 Å². The maximum Gasteiger partial charge on any atom is 2.00 e. The summed E-state index contributed by atoms with van der Waals surface area (Å²) in [5, 5.41) is 8.69. The molecule has 0 fully saturated rings. The Bertz CT molecular complexity index is 17.1. The largest absolute Gasteiger partial charge is 2.00 e. The van der Waals surface area contributed by atoms with Gasteiger partial charge in [-0.05, 0) is 0 Å². The first kappa shape index (κ1) is 17.1. The van der Waals surface area contributed by atoms with Gasteiger partial charge < -0.3 is 22.1 Å². The molecule has 0 aliphatic carbocycles. The van der Waals surface area contributed by atoms with Crippen molar-refractivity contribution in [2.75, 3.05) is 0 Å². The van der Waals surface area contributed by atoms with Gasteiger partial charge >= 0.3 is 23.1 Å². The fourth-order valence-corrected chi connectivity index (χ4v) is 0. The topological polar surface area (TPSA) is 23.1 Å². The average Bonchev–Trinajstić information content (AvgIpc) is 0.918. The van der Waals surface area contributed by atoms with Crippen LogP contribution in [0, 0.1) is 0 Å². The van der Waals surface area contributed by atoms with Crippen molar-refractivity contribution < 1.29 is 22.1 Å². The molecule has 0 N–H and O–H groups in total. The van der Waals surface area contributed by atoms with Crippen molar-refractivity contribution in [2.24, 2.45) is 0 Å². The van der Waals surface area contributed by atoms with Gasteiger partial charge in [0.1, 0.15) is 0 Å². The molecule has 0 bridgehead atoms. The summed E-state index contributed by atoms with van der Waals surface area (Å²) in [4.78, 5) is 0. The molecule has 0 heterocycles. The van der Waals surface area contributed by atoms with Crippen LogP contribution in [0.5, 0.6) is 0 Å². The van der Waals surface area contributed by atoms with Crippen molar-refractivity contribution in [3.63, 3.8) is 0 Å². The maximum atomic E-state index is 8.69. The van der Waals surface area contributed by atoms with E-state index in [0.717, 1.165) is 0 Å². The predicted molar refractivity (Wildman–Crippen MR) is 16.0 cm³/mol. The Balaban J connectivity index is -0.0000000200. The van der Waals surface area contributed by atoms with Crippen LogP contribution in [0.4, 0.5) is 0 Å². The zero-order valence-electron chi connectivity index (χ0n) is 2.78. The number of hydrogen-bond donors (Lipinski definition) is 0. The normalized spacial score (nSPS) is 2.40. The van der Waals surface area contributed by atoms with E-state index in [0.29, 0.717) is 6.26 Å². The van der Waals surface area contributed by atoms with Gasteiger partial charge in [-0.3, -0.25) is 0 Å². The molecule has 0 aliphatic heterocycles. The molecular weight excluding hydrogens is 144 g/mol. The molecule has 1 nitrogen and oxygen atoms in total. The van der Waals surface area contributed by atoms with E-state index in [4.69, 9.17) is 5.11 Å². The molecule has 0 aromatic rings. The minimum absolute atomic E-state index is 0. The first-order valence-corrected chi connectivity index (χ1v) is 0.644. The fraction of sp³-hybridized carbons (Fsp3) is 0. The third-order valence-electron chi connectivity index (χ3n) is 0. The van der Waals surface area contributed by atoms with E-state index < -0.39 is 0 Å². The molecule has 26 valence electrons. The third kappa shape index (κ3) is 60.1. The zero-order chi connectivity index (χ0) is 2.71. The van der Waals surface area contributed by atoms with Crippen LogP contribution in [0.25, 0.3) is 0 Å². The minimum Gasteiger partial charge on any atom is -1.00 e. The van der Waals surface area contributed by atoms with E-state index >= 15 is 0 Å². The average molecular weight is 147 g/mol. The van der Waals surface area contributed by atoms with Crippen molar-refractivity contribution in [3.05, 3.63) is 12.8 Å². The quantitative estimate of drug-likeness (QED) is 0.254. The van der Waals surface area contributed by atoms with Crippen LogP contribution in [0.15, 0.2) is 12.8 Å². The second-order valence-electron chi connectivity index (χ2n) is 0.167. The minimum atomic E-state index is 0. The molecule has 0 aromatic heterocycles. The molecular formula is C2H3BrMgO. The van der Waals surface area contributed by atoms with Crippen molar-refractivity contribution >= 4 is 23.1 Å². The van der Waals surface area contributed by atoms with Gasteiger partial charge in [-0.2, -0.15) is 6.26 Å². The third-order valence-corrected chi connectivity index (χ3v) is 0. The van der Waals surface area contributed by atoms with E-state index in [1.165, 1.54) is 0 Å². The Morgan fingerprint density at radius 1 is 1.60 bits per heavy atom. The Morgan fingerprint density at radius 2 is 1.60 bits per heavy atom. The second kappa shape index (κ2) is 21.5. The zero-order valence-corrected chi connectivity index (χ0v) is 5.78. The summed E-state index contributed by atoms with van der Waals surface area (Å²) >= 11 is 0. The van der Waals surface area contributed by atoms with E-state index in [-0.39, 0.29) is 40.0 Å². The van der Waals surface area contributed by atoms with Gasteiger partial charge in [0, 0.05) is 0 Å². The van der Waals surface area contributed by atoms with E-state index in [2.05, 4.69) is 6.58 Å². The summed E-state index contributed by atoms with van der Waals surface area (Å²) < 4.78 is 0. The number of hydrogen-bond acceptors (Lipinski definition) is 1. The Kier molecular flexibility index (Phi) is 73.4. The van der Waals surface area contributed by atoms with Crippen molar-refractivity contribution in [1.29, 1.82) is 0 Å². The summed E-state index contributed by atoms with van der Waals surface area (Å²) in [7, 11) is 0. The molecule has 0 aromatic carbocycles. The van der Waals surface area contributed by atoms with Crippen LogP contribution < -0.4 is 22.1 Å². The molecule has 0 radical (unpaired) electrons. The van der Waals surface area contributed by atoms with Gasteiger partial charge in [0.05, 0.1) is 0 Å². The molecule has 0 spiro atoms. The standard InChI is InChI=1S/C2H4O.BrH.Mg/c1-2-3;;/h2-3H,1H2;1H;/q;;+2/p-2.